The molecule has 0 saturated heterocycles. The van der Waals surface area contributed by atoms with Crippen molar-refractivity contribution in [2.45, 2.75) is 360 Å². The predicted octanol–water partition coefficient (Wildman–Crippen LogP) is 19.2. The Kier molecular flexibility index (Phi) is 57.0. The summed E-state index contributed by atoms with van der Waals surface area (Å²) in [4.78, 5) is 24.4. The lowest BCUT2D eigenvalue weighted by atomic mass is 10.0. The summed E-state index contributed by atoms with van der Waals surface area (Å²) in [5.41, 5.74) is 0. The standard InChI is InChI=1S/C62H121NO5/c1-3-5-7-9-11-13-15-36-40-44-48-52-56-62(67)68-57-53-49-45-41-37-33-31-29-27-25-23-21-19-17-16-18-20-22-24-26-28-30-32-35-39-43-47-51-55-61(66)63-59(58-64)60(65)54-50-46-42-38-34-14-12-10-8-6-4-2/h50,54,59-60,64-65H,3-49,51-53,55-58H2,1-2H3,(H,63,66)/b54-50+. The van der Waals surface area contributed by atoms with E-state index in [0.717, 1.165) is 38.5 Å². The molecule has 6 heteroatoms. The van der Waals surface area contributed by atoms with Crippen LogP contribution in [0.5, 0.6) is 0 Å². The quantitative estimate of drug-likeness (QED) is 0.0321. The van der Waals surface area contributed by atoms with Gasteiger partial charge < -0.3 is 20.3 Å². The number of hydrogen-bond donors (Lipinski definition) is 3. The Labute approximate surface area is 425 Å². The molecule has 0 fully saturated rings. The highest BCUT2D eigenvalue weighted by molar-refractivity contribution is 5.76. The van der Waals surface area contributed by atoms with Gasteiger partial charge in [0.15, 0.2) is 0 Å². The molecule has 68 heavy (non-hydrogen) atoms. The largest absolute Gasteiger partial charge is 0.466 e. The van der Waals surface area contributed by atoms with Gasteiger partial charge in [-0.25, -0.2) is 0 Å². The first-order valence-corrected chi connectivity index (χ1v) is 31.0. The smallest absolute Gasteiger partial charge is 0.305 e. The van der Waals surface area contributed by atoms with Crippen LogP contribution in [-0.4, -0.2) is 47.4 Å². The van der Waals surface area contributed by atoms with E-state index in [-0.39, 0.29) is 18.5 Å². The summed E-state index contributed by atoms with van der Waals surface area (Å²) in [6.45, 7) is 4.91. The number of esters is 1. The Bertz CT molecular complexity index is 1020. The molecule has 0 rings (SSSR count). The molecule has 0 spiro atoms. The highest BCUT2D eigenvalue weighted by Crippen LogP contribution is 2.18. The molecule has 0 bridgehead atoms. The van der Waals surface area contributed by atoms with Crippen LogP contribution in [0, 0.1) is 0 Å². The highest BCUT2D eigenvalue weighted by atomic mass is 16.5. The van der Waals surface area contributed by atoms with Gasteiger partial charge in [-0.05, 0) is 32.1 Å². The van der Waals surface area contributed by atoms with Crippen molar-refractivity contribution >= 4 is 11.9 Å². The van der Waals surface area contributed by atoms with Crippen molar-refractivity contribution in [2.24, 2.45) is 0 Å². The monoisotopic (exact) mass is 960 g/mol. The van der Waals surface area contributed by atoms with Crippen LogP contribution in [0.2, 0.25) is 0 Å². The minimum absolute atomic E-state index is 0.0195. The number of rotatable bonds is 58. The summed E-state index contributed by atoms with van der Waals surface area (Å²) in [7, 11) is 0. The van der Waals surface area contributed by atoms with Gasteiger partial charge in [0.1, 0.15) is 0 Å². The Hall–Kier alpha value is -1.40. The lowest BCUT2D eigenvalue weighted by molar-refractivity contribution is -0.143. The number of carbonyl (C=O) groups is 2. The molecule has 2 unspecified atom stereocenters. The zero-order valence-electron chi connectivity index (χ0n) is 46.1. The van der Waals surface area contributed by atoms with Crippen LogP contribution in [0.15, 0.2) is 12.2 Å². The first-order valence-electron chi connectivity index (χ1n) is 31.0. The molecular formula is C62H121NO5. The maximum Gasteiger partial charge on any atom is 0.305 e. The van der Waals surface area contributed by atoms with E-state index in [0.29, 0.717) is 19.4 Å². The van der Waals surface area contributed by atoms with Crippen LogP contribution in [0.3, 0.4) is 0 Å². The molecule has 0 aliphatic rings. The number of ether oxygens (including phenoxy) is 1. The molecule has 6 nitrogen and oxygen atoms in total. The van der Waals surface area contributed by atoms with E-state index >= 15 is 0 Å². The molecule has 0 heterocycles. The average molecular weight is 961 g/mol. The molecule has 2 atom stereocenters. The van der Waals surface area contributed by atoms with Crippen molar-refractivity contribution in [2.75, 3.05) is 13.2 Å². The van der Waals surface area contributed by atoms with Gasteiger partial charge in [0.05, 0.1) is 25.4 Å². The third-order valence-corrected chi connectivity index (χ3v) is 14.6. The minimum atomic E-state index is -0.839. The Morgan fingerprint density at radius 1 is 0.397 bits per heavy atom. The van der Waals surface area contributed by atoms with E-state index in [1.807, 2.05) is 6.08 Å². The molecular weight excluding hydrogens is 839 g/mol. The molecule has 0 aliphatic heterocycles. The second kappa shape index (κ2) is 58.2. The first kappa shape index (κ1) is 66.6. The highest BCUT2D eigenvalue weighted by Gasteiger charge is 2.18. The van der Waals surface area contributed by atoms with Crippen LogP contribution < -0.4 is 5.32 Å². The zero-order valence-corrected chi connectivity index (χ0v) is 46.1. The summed E-state index contributed by atoms with van der Waals surface area (Å²) in [6.07, 6.45) is 69.8. The molecule has 0 aromatic rings. The SMILES string of the molecule is CCCCCCCCCCC/C=C/C(O)C(CO)NC(=O)CCCCCCCCCCCCCCCCCCCCCCCCCCCCCCOC(=O)CCCCCCCCCCCCCC. The summed E-state index contributed by atoms with van der Waals surface area (Å²) in [5.74, 6) is -0.0451. The Morgan fingerprint density at radius 2 is 0.676 bits per heavy atom. The predicted molar refractivity (Wildman–Crippen MR) is 297 cm³/mol. The number of aliphatic hydroxyl groups is 2. The van der Waals surface area contributed by atoms with Gasteiger partial charge in [-0.1, -0.05) is 315 Å². The Balaban J connectivity index is 3.33. The number of unbranched alkanes of at least 4 members (excludes halogenated alkanes) is 47. The Morgan fingerprint density at radius 3 is 1.00 bits per heavy atom. The third kappa shape index (κ3) is 53.9. The summed E-state index contributed by atoms with van der Waals surface area (Å²) < 4.78 is 5.48. The second-order valence-corrected chi connectivity index (χ2v) is 21.4. The molecule has 404 valence electrons. The third-order valence-electron chi connectivity index (χ3n) is 14.6. The van der Waals surface area contributed by atoms with Crippen molar-refractivity contribution < 1.29 is 24.5 Å². The van der Waals surface area contributed by atoms with Crippen LogP contribution in [0.4, 0.5) is 0 Å². The van der Waals surface area contributed by atoms with Gasteiger partial charge in [0.25, 0.3) is 0 Å². The molecule has 1 amide bonds. The fraction of sp³-hybridized carbons (Fsp3) is 0.935. The van der Waals surface area contributed by atoms with Gasteiger partial charge in [-0.2, -0.15) is 0 Å². The fourth-order valence-electron chi connectivity index (χ4n) is 9.81. The number of amides is 1. The van der Waals surface area contributed by atoms with E-state index < -0.39 is 12.1 Å². The average Bonchev–Trinajstić information content (AvgIpc) is 3.34. The topological polar surface area (TPSA) is 95.9 Å². The normalized spacial score (nSPS) is 12.6. The lowest BCUT2D eigenvalue weighted by Gasteiger charge is -2.20. The maximum atomic E-state index is 12.4. The number of nitrogens with one attached hydrogen (secondary N) is 1. The fourth-order valence-corrected chi connectivity index (χ4v) is 9.81. The van der Waals surface area contributed by atoms with Gasteiger partial charge in [-0.3, -0.25) is 9.59 Å². The van der Waals surface area contributed by atoms with Crippen LogP contribution in [0.25, 0.3) is 0 Å². The van der Waals surface area contributed by atoms with Crippen molar-refractivity contribution in [1.82, 2.24) is 5.32 Å². The maximum absolute atomic E-state index is 12.4. The number of aliphatic hydroxyl groups excluding tert-OH is 2. The molecule has 3 N–H and O–H groups in total. The van der Waals surface area contributed by atoms with Crippen LogP contribution in [-0.2, 0) is 14.3 Å². The molecule has 0 radical (unpaired) electrons. The van der Waals surface area contributed by atoms with Crippen LogP contribution >= 0.6 is 0 Å². The lowest BCUT2D eigenvalue weighted by Crippen LogP contribution is -2.45. The van der Waals surface area contributed by atoms with E-state index in [1.54, 1.807) is 6.08 Å². The number of hydrogen-bond acceptors (Lipinski definition) is 5. The summed E-state index contributed by atoms with van der Waals surface area (Å²) in [5, 5.41) is 23.0. The van der Waals surface area contributed by atoms with Crippen molar-refractivity contribution in [3.8, 4) is 0 Å². The number of allylic oxidation sites excluding steroid dienone is 1. The zero-order chi connectivity index (χ0) is 49.3. The van der Waals surface area contributed by atoms with Crippen molar-refractivity contribution in [1.29, 1.82) is 0 Å². The molecule has 0 saturated carbocycles. The van der Waals surface area contributed by atoms with Crippen molar-refractivity contribution in [3.63, 3.8) is 0 Å². The second-order valence-electron chi connectivity index (χ2n) is 21.4. The van der Waals surface area contributed by atoms with Gasteiger partial charge in [0.2, 0.25) is 5.91 Å². The molecule has 0 aliphatic carbocycles. The van der Waals surface area contributed by atoms with Gasteiger partial charge in [-0.15, -0.1) is 0 Å². The number of carbonyl (C=O) groups excluding carboxylic acids is 2. The minimum Gasteiger partial charge on any atom is -0.466 e. The molecule has 0 aromatic carbocycles. The van der Waals surface area contributed by atoms with E-state index in [9.17, 15) is 19.8 Å². The van der Waals surface area contributed by atoms with E-state index in [2.05, 4.69) is 19.2 Å². The van der Waals surface area contributed by atoms with E-state index in [4.69, 9.17) is 4.74 Å². The van der Waals surface area contributed by atoms with Crippen molar-refractivity contribution in [3.05, 3.63) is 12.2 Å². The molecule has 0 aromatic heterocycles. The van der Waals surface area contributed by atoms with Crippen LogP contribution in [0.1, 0.15) is 348 Å². The van der Waals surface area contributed by atoms with Gasteiger partial charge in [0, 0.05) is 12.8 Å². The summed E-state index contributed by atoms with van der Waals surface area (Å²) in [6, 6.07) is -0.623. The van der Waals surface area contributed by atoms with Gasteiger partial charge >= 0.3 is 5.97 Å². The van der Waals surface area contributed by atoms with E-state index in [1.165, 1.54) is 283 Å². The first-order chi connectivity index (χ1) is 33.5. The summed E-state index contributed by atoms with van der Waals surface area (Å²) >= 11 is 0.